The van der Waals surface area contributed by atoms with Crippen molar-refractivity contribution in [2.24, 2.45) is 0 Å². The zero-order valence-corrected chi connectivity index (χ0v) is 17.8. The number of carbonyl (C=O) groups is 3. The molecule has 1 aliphatic carbocycles. The quantitative estimate of drug-likeness (QED) is 0.693. The van der Waals surface area contributed by atoms with E-state index in [1.54, 1.807) is 19.1 Å². The molecule has 1 atom stereocenters. The molecule has 0 bridgehead atoms. The first-order chi connectivity index (χ1) is 15.4. The Morgan fingerprint density at radius 3 is 2.59 bits per heavy atom. The van der Waals surface area contributed by atoms with Crippen LogP contribution in [0.15, 0.2) is 41.0 Å². The van der Waals surface area contributed by atoms with Crippen LogP contribution in [0.3, 0.4) is 0 Å². The minimum Gasteiger partial charge on any atom is -0.486 e. The van der Waals surface area contributed by atoms with Crippen LogP contribution in [-0.2, 0) is 20.7 Å². The van der Waals surface area contributed by atoms with E-state index in [1.165, 1.54) is 6.26 Å². The molecule has 2 aliphatic heterocycles. The van der Waals surface area contributed by atoms with Gasteiger partial charge in [0.1, 0.15) is 25.5 Å². The number of urea groups is 1. The number of ether oxygens (including phenoxy) is 2. The maximum atomic E-state index is 13.0. The number of benzene rings is 1. The summed E-state index contributed by atoms with van der Waals surface area (Å²) >= 11 is 0. The molecule has 9 heteroatoms. The van der Waals surface area contributed by atoms with Gasteiger partial charge in [0.15, 0.2) is 17.0 Å². The molecule has 2 N–H and O–H groups in total. The molecule has 2 fully saturated rings. The number of carbonyl (C=O) groups excluding carboxylic acids is 3. The second-order valence-electron chi connectivity index (χ2n) is 8.62. The van der Waals surface area contributed by atoms with E-state index in [9.17, 15) is 14.4 Å². The molecular formula is C23H25N3O6. The first kappa shape index (κ1) is 20.4. The van der Waals surface area contributed by atoms with Crippen molar-refractivity contribution in [1.82, 2.24) is 15.5 Å². The summed E-state index contributed by atoms with van der Waals surface area (Å²) < 4.78 is 16.7. The van der Waals surface area contributed by atoms with Crippen molar-refractivity contribution in [3.05, 3.63) is 47.9 Å². The molecule has 4 amide bonds. The van der Waals surface area contributed by atoms with Crippen LogP contribution in [0.1, 0.15) is 43.9 Å². The lowest BCUT2D eigenvalue weighted by atomic mass is 9.87. The summed E-state index contributed by atoms with van der Waals surface area (Å²) in [4.78, 5) is 39.5. The Hall–Kier alpha value is -3.49. The standard InChI is InChI=1S/C23H25N3O6/c1-22(18-5-4-10-32-18)20(28)26(21(29)25-22)14-19(27)24-23(8-2-3-9-23)15-6-7-16-17(13-15)31-12-11-30-16/h4-7,10,13H,2-3,8-9,11-12,14H2,1H3,(H,24,27)(H,25,29)/t22-/m1/s1. The molecule has 1 saturated heterocycles. The van der Waals surface area contributed by atoms with E-state index in [2.05, 4.69) is 10.6 Å². The molecular weight excluding hydrogens is 414 g/mol. The van der Waals surface area contributed by atoms with Crippen LogP contribution >= 0.6 is 0 Å². The summed E-state index contributed by atoms with van der Waals surface area (Å²) in [6, 6.07) is 8.37. The van der Waals surface area contributed by atoms with Crippen molar-refractivity contribution >= 4 is 17.8 Å². The third-order valence-electron chi connectivity index (χ3n) is 6.52. The van der Waals surface area contributed by atoms with Gasteiger partial charge in [0.25, 0.3) is 5.91 Å². The molecule has 1 aromatic heterocycles. The number of amides is 4. The van der Waals surface area contributed by atoms with E-state index in [4.69, 9.17) is 13.9 Å². The van der Waals surface area contributed by atoms with Gasteiger partial charge in [-0.25, -0.2) is 4.79 Å². The highest BCUT2D eigenvalue weighted by atomic mass is 16.6. The van der Waals surface area contributed by atoms with Gasteiger partial charge < -0.3 is 24.5 Å². The number of hydrogen-bond donors (Lipinski definition) is 2. The van der Waals surface area contributed by atoms with Crippen LogP contribution in [0, 0.1) is 0 Å². The smallest absolute Gasteiger partial charge is 0.325 e. The van der Waals surface area contributed by atoms with Crippen LogP contribution in [0.25, 0.3) is 0 Å². The van der Waals surface area contributed by atoms with Crippen LogP contribution < -0.4 is 20.1 Å². The zero-order chi connectivity index (χ0) is 22.3. The molecule has 1 aromatic carbocycles. The Balaban J connectivity index is 1.34. The SMILES string of the molecule is C[C@]1(c2ccco2)NC(=O)N(CC(=O)NC2(c3ccc4c(c3)OCCO4)CCCC2)C1=O. The van der Waals surface area contributed by atoms with E-state index in [0.29, 0.717) is 30.5 Å². The Labute approximate surface area is 185 Å². The molecule has 32 heavy (non-hydrogen) atoms. The third kappa shape index (κ3) is 3.28. The Morgan fingerprint density at radius 2 is 1.88 bits per heavy atom. The highest BCUT2D eigenvalue weighted by Crippen LogP contribution is 2.42. The highest BCUT2D eigenvalue weighted by molar-refractivity contribution is 6.08. The second kappa shape index (κ2) is 7.58. The van der Waals surface area contributed by atoms with Crippen LogP contribution in [0.4, 0.5) is 4.79 Å². The van der Waals surface area contributed by atoms with Crippen LogP contribution in [0.2, 0.25) is 0 Å². The summed E-state index contributed by atoms with van der Waals surface area (Å²) in [5.74, 6) is 0.761. The molecule has 0 radical (unpaired) electrons. The maximum absolute atomic E-state index is 13.0. The molecule has 9 nitrogen and oxygen atoms in total. The zero-order valence-electron chi connectivity index (χ0n) is 17.8. The Morgan fingerprint density at radius 1 is 1.12 bits per heavy atom. The molecule has 3 heterocycles. The topological polar surface area (TPSA) is 110 Å². The van der Waals surface area contributed by atoms with Crippen molar-refractivity contribution in [2.45, 2.75) is 43.7 Å². The van der Waals surface area contributed by atoms with Crippen LogP contribution in [-0.4, -0.2) is 42.5 Å². The lowest BCUT2D eigenvalue weighted by molar-refractivity contribution is -0.135. The van der Waals surface area contributed by atoms with E-state index in [1.807, 2.05) is 18.2 Å². The lowest BCUT2D eigenvalue weighted by Crippen LogP contribution is -2.49. The van der Waals surface area contributed by atoms with Gasteiger partial charge in [0.2, 0.25) is 5.91 Å². The van der Waals surface area contributed by atoms with Gasteiger partial charge in [-0.2, -0.15) is 0 Å². The van der Waals surface area contributed by atoms with Crippen molar-refractivity contribution < 1.29 is 28.3 Å². The number of furan rings is 1. The minimum absolute atomic E-state index is 0.322. The fourth-order valence-corrected chi connectivity index (χ4v) is 4.83. The number of nitrogens with one attached hydrogen (secondary N) is 2. The fraction of sp³-hybridized carbons (Fsp3) is 0.435. The van der Waals surface area contributed by atoms with Gasteiger partial charge in [0, 0.05) is 0 Å². The maximum Gasteiger partial charge on any atom is 0.325 e. The Kier molecular flexibility index (Phi) is 4.83. The van der Waals surface area contributed by atoms with E-state index < -0.39 is 28.9 Å². The van der Waals surface area contributed by atoms with Crippen molar-refractivity contribution in [1.29, 1.82) is 0 Å². The summed E-state index contributed by atoms with van der Waals surface area (Å²) in [5, 5.41) is 5.75. The van der Waals surface area contributed by atoms with Crippen molar-refractivity contribution in [2.75, 3.05) is 19.8 Å². The average molecular weight is 439 g/mol. The molecule has 1 saturated carbocycles. The number of rotatable bonds is 5. The number of imide groups is 1. The summed E-state index contributed by atoms with van der Waals surface area (Å²) in [7, 11) is 0. The third-order valence-corrected chi connectivity index (χ3v) is 6.52. The number of fused-ring (bicyclic) bond motifs is 1. The normalized spacial score (nSPS) is 23.8. The largest absolute Gasteiger partial charge is 0.486 e. The lowest BCUT2D eigenvalue weighted by Gasteiger charge is -2.32. The predicted octanol–water partition coefficient (Wildman–Crippen LogP) is 2.40. The number of nitrogens with zero attached hydrogens (tertiary/aromatic N) is 1. The first-order valence-corrected chi connectivity index (χ1v) is 10.8. The van der Waals surface area contributed by atoms with E-state index >= 15 is 0 Å². The average Bonchev–Trinajstić information content (AvgIpc) is 3.53. The van der Waals surface area contributed by atoms with Gasteiger partial charge in [-0.05, 0) is 49.6 Å². The first-order valence-electron chi connectivity index (χ1n) is 10.8. The van der Waals surface area contributed by atoms with Gasteiger partial charge in [-0.15, -0.1) is 0 Å². The van der Waals surface area contributed by atoms with Gasteiger partial charge >= 0.3 is 6.03 Å². The van der Waals surface area contributed by atoms with Crippen molar-refractivity contribution in [3.63, 3.8) is 0 Å². The van der Waals surface area contributed by atoms with Gasteiger partial charge in [-0.1, -0.05) is 18.9 Å². The van der Waals surface area contributed by atoms with Gasteiger partial charge in [0.05, 0.1) is 11.8 Å². The predicted molar refractivity (Wildman–Crippen MR) is 112 cm³/mol. The second-order valence-corrected chi connectivity index (χ2v) is 8.62. The fourth-order valence-electron chi connectivity index (χ4n) is 4.83. The summed E-state index contributed by atoms with van der Waals surface area (Å²) in [6.45, 7) is 2.19. The molecule has 0 spiro atoms. The van der Waals surface area contributed by atoms with E-state index in [0.717, 1.165) is 36.1 Å². The molecule has 5 rings (SSSR count). The summed E-state index contributed by atoms with van der Waals surface area (Å²) in [5.41, 5.74) is -0.969. The highest BCUT2D eigenvalue weighted by Gasteiger charge is 2.51. The summed E-state index contributed by atoms with van der Waals surface area (Å²) in [6.07, 6.45) is 4.90. The molecule has 2 aromatic rings. The molecule has 0 unspecified atom stereocenters. The van der Waals surface area contributed by atoms with Gasteiger partial charge in [-0.3, -0.25) is 14.5 Å². The van der Waals surface area contributed by atoms with Crippen molar-refractivity contribution in [3.8, 4) is 11.5 Å². The Bertz CT molecular complexity index is 1060. The monoisotopic (exact) mass is 439 g/mol. The minimum atomic E-state index is -1.33. The number of hydrogen-bond acceptors (Lipinski definition) is 6. The molecule has 168 valence electrons. The van der Waals surface area contributed by atoms with E-state index in [-0.39, 0.29) is 6.54 Å². The van der Waals surface area contributed by atoms with Crippen LogP contribution in [0.5, 0.6) is 11.5 Å². The molecule has 3 aliphatic rings.